The summed E-state index contributed by atoms with van der Waals surface area (Å²) in [5.74, 6) is -0.308. The molecule has 0 unspecified atom stereocenters. The van der Waals surface area contributed by atoms with Crippen molar-refractivity contribution < 1.29 is 21.6 Å². The lowest BCUT2D eigenvalue weighted by atomic mass is 10.2. The first kappa shape index (κ1) is 18.1. The Balaban J connectivity index is 2.37. The van der Waals surface area contributed by atoms with Gasteiger partial charge in [0.15, 0.2) is 11.5 Å². The van der Waals surface area contributed by atoms with Gasteiger partial charge in [0, 0.05) is 30.6 Å². The van der Waals surface area contributed by atoms with Crippen molar-refractivity contribution in [3.8, 4) is 11.4 Å². The van der Waals surface area contributed by atoms with E-state index in [-0.39, 0.29) is 18.2 Å². The Morgan fingerprint density at radius 3 is 2.42 bits per heavy atom. The molecule has 2 aromatic heterocycles. The van der Waals surface area contributed by atoms with Crippen LogP contribution in [0.5, 0.6) is 0 Å². The molecule has 0 spiro atoms. The third kappa shape index (κ3) is 4.61. The fraction of sp³-hybridized carbons (Fsp3) is 0.308. The second-order valence-electron chi connectivity index (χ2n) is 4.98. The maximum Gasteiger partial charge on any atom is 0.433 e. The molecule has 3 N–H and O–H groups in total. The molecule has 0 aromatic carbocycles. The Kier molecular flexibility index (Phi) is 5.04. The van der Waals surface area contributed by atoms with Gasteiger partial charge in [-0.1, -0.05) is 0 Å². The SMILES string of the molecule is C[C@@H](CNc1cc(C(F)(F)F)nc(-c2ccncc2)n1)S(N)(=O)=O. The number of nitrogens with one attached hydrogen (secondary N) is 1. The molecule has 24 heavy (non-hydrogen) atoms. The predicted octanol–water partition coefficient (Wildman–Crippen LogP) is 1.65. The van der Waals surface area contributed by atoms with E-state index in [1.807, 2.05) is 0 Å². The lowest BCUT2D eigenvalue weighted by molar-refractivity contribution is -0.141. The maximum atomic E-state index is 13.0. The second-order valence-corrected chi connectivity index (χ2v) is 6.96. The first-order chi connectivity index (χ1) is 11.1. The molecule has 130 valence electrons. The fourth-order valence-corrected chi connectivity index (χ4v) is 1.99. The molecule has 0 saturated carbocycles. The number of primary sulfonamides is 1. The molecule has 0 aliphatic carbocycles. The molecule has 0 bridgehead atoms. The number of halogens is 3. The van der Waals surface area contributed by atoms with Crippen molar-refractivity contribution in [2.45, 2.75) is 18.3 Å². The number of anilines is 1. The molecular formula is C13H14F3N5O2S. The molecule has 2 heterocycles. The summed E-state index contributed by atoms with van der Waals surface area (Å²) in [7, 11) is -3.81. The number of alkyl halides is 3. The zero-order valence-electron chi connectivity index (χ0n) is 12.4. The summed E-state index contributed by atoms with van der Waals surface area (Å²) in [6.45, 7) is 1.14. The Morgan fingerprint density at radius 2 is 1.88 bits per heavy atom. The van der Waals surface area contributed by atoms with E-state index in [0.717, 1.165) is 0 Å². The summed E-state index contributed by atoms with van der Waals surface area (Å²) in [6.07, 6.45) is -1.88. The number of nitrogens with zero attached hydrogens (tertiary/aromatic N) is 3. The number of rotatable bonds is 5. The van der Waals surface area contributed by atoms with E-state index in [9.17, 15) is 21.6 Å². The van der Waals surface area contributed by atoms with Crippen molar-refractivity contribution in [3.05, 3.63) is 36.3 Å². The van der Waals surface area contributed by atoms with E-state index in [2.05, 4.69) is 20.3 Å². The van der Waals surface area contributed by atoms with Crippen molar-refractivity contribution in [1.82, 2.24) is 15.0 Å². The van der Waals surface area contributed by atoms with Crippen LogP contribution in [0.3, 0.4) is 0 Å². The van der Waals surface area contributed by atoms with Crippen LogP contribution in [0, 0.1) is 0 Å². The fourth-order valence-electron chi connectivity index (χ4n) is 1.68. The normalized spacial score (nSPS) is 13.5. The average molecular weight is 361 g/mol. The van der Waals surface area contributed by atoms with Crippen LogP contribution in [0.25, 0.3) is 11.4 Å². The van der Waals surface area contributed by atoms with Gasteiger partial charge in [0.1, 0.15) is 5.82 Å². The van der Waals surface area contributed by atoms with E-state index in [1.165, 1.54) is 31.5 Å². The van der Waals surface area contributed by atoms with E-state index in [4.69, 9.17) is 5.14 Å². The van der Waals surface area contributed by atoms with Crippen molar-refractivity contribution in [2.75, 3.05) is 11.9 Å². The molecule has 0 aliphatic rings. The van der Waals surface area contributed by atoms with Crippen molar-refractivity contribution in [1.29, 1.82) is 0 Å². The van der Waals surface area contributed by atoms with Crippen LogP contribution in [0.1, 0.15) is 12.6 Å². The minimum absolute atomic E-state index is 0.153. The number of nitrogens with two attached hydrogens (primary N) is 1. The lowest BCUT2D eigenvalue weighted by Crippen LogP contribution is -2.32. The zero-order valence-corrected chi connectivity index (χ0v) is 13.3. The summed E-state index contributed by atoms with van der Waals surface area (Å²) < 4.78 is 61.4. The number of aromatic nitrogens is 3. The predicted molar refractivity (Wildman–Crippen MR) is 81.3 cm³/mol. The molecule has 7 nitrogen and oxygen atoms in total. The Morgan fingerprint density at radius 1 is 1.25 bits per heavy atom. The number of sulfonamides is 1. The van der Waals surface area contributed by atoms with Crippen molar-refractivity contribution in [3.63, 3.8) is 0 Å². The monoisotopic (exact) mass is 361 g/mol. The lowest BCUT2D eigenvalue weighted by Gasteiger charge is -2.14. The van der Waals surface area contributed by atoms with Gasteiger partial charge in [-0.05, 0) is 19.1 Å². The van der Waals surface area contributed by atoms with Gasteiger partial charge in [0.25, 0.3) is 0 Å². The minimum Gasteiger partial charge on any atom is -0.369 e. The quantitative estimate of drug-likeness (QED) is 0.838. The van der Waals surface area contributed by atoms with E-state index in [0.29, 0.717) is 11.6 Å². The number of pyridine rings is 1. The van der Waals surface area contributed by atoms with Gasteiger partial charge in [-0.3, -0.25) is 4.98 Å². The summed E-state index contributed by atoms with van der Waals surface area (Å²) in [6, 6.07) is 3.64. The molecule has 0 aliphatic heterocycles. The Labute approximate surface area is 136 Å². The van der Waals surface area contributed by atoms with Gasteiger partial charge in [-0.15, -0.1) is 0 Å². The van der Waals surface area contributed by atoms with Gasteiger partial charge in [0.2, 0.25) is 10.0 Å². The van der Waals surface area contributed by atoms with Crippen LogP contribution < -0.4 is 10.5 Å². The molecular weight excluding hydrogens is 347 g/mol. The summed E-state index contributed by atoms with van der Waals surface area (Å²) in [4.78, 5) is 11.3. The minimum atomic E-state index is -4.67. The van der Waals surface area contributed by atoms with Crippen LogP contribution in [0.2, 0.25) is 0 Å². The third-order valence-corrected chi connectivity index (χ3v) is 4.37. The van der Waals surface area contributed by atoms with Gasteiger partial charge in [-0.2, -0.15) is 13.2 Å². The van der Waals surface area contributed by atoms with Crippen LogP contribution in [0.15, 0.2) is 30.6 Å². The van der Waals surface area contributed by atoms with E-state index < -0.39 is 27.1 Å². The van der Waals surface area contributed by atoms with E-state index >= 15 is 0 Å². The second kappa shape index (κ2) is 6.69. The average Bonchev–Trinajstić information content (AvgIpc) is 2.51. The van der Waals surface area contributed by atoms with Gasteiger partial charge < -0.3 is 5.32 Å². The Hall–Kier alpha value is -2.27. The molecule has 0 amide bonds. The number of hydrogen-bond donors (Lipinski definition) is 2. The number of hydrogen-bond acceptors (Lipinski definition) is 6. The van der Waals surface area contributed by atoms with Crippen molar-refractivity contribution in [2.24, 2.45) is 5.14 Å². The summed E-state index contributed by atoms with van der Waals surface area (Å²) in [5, 5.41) is 6.53. The molecule has 2 rings (SSSR count). The molecule has 1 atom stereocenters. The van der Waals surface area contributed by atoms with Crippen LogP contribution in [-0.2, 0) is 16.2 Å². The van der Waals surface area contributed by atoms with Gasteiger partial charge >= 0.3 is 6.18 Å². The highest BCUT2D eigenvalue weighted by Crippen LogP contribution is 2.30. The Bertz CT molecular complexity index is 812. The molecule has 0 fully saturated rings. The molecule has 0 saturated heterocycles. The summed E-state index contributed by atoms with van der Waals surface area (Å²) in [5.41, 5.74) is -0.797. The highest BCUT2D eigenvalue weighted by atomic mass is 32.2. The highest BCUT2D eigenvalue weighted by Gasteiger charge is 2.34. The summed E-state index contributed by atoms with van der Waals surface area (Å²) >= 11 is 0. The molecule has 0 radical (unpaired) electrons. The topological polar surface area (TPSA) is 111 Å². The van der Waals surface area contributed by atoms with Gasteiger partial charge in [-0.25, -0.2) is 23.5 Å². The van der Waals surface area contributed by atoms with Crippen LogP contribution in [-0.4, -0.2) is 35.2 Å². The maximum absolute atomic E-state index is 13.0. The van der Waals surface area contributed by atoms with Gasteiger partial charge in [0.05, 0.1) is 5.25 Å². The van der Waals surface area contributed by atoms with Crippen LogP contribution >= 0.6 is 0 Å². The van der Waals surface area contributed by atoms with Crippen LogP contribution in [0.4, 0.5) is 19.0 Å². The van der Waals surface area contributed by atoms with E-state index in [1.54, 1.807) is 0 Å². The molecule has 11 heteroatoms. The molecule has 2 aromatic rings. The first-order valence-electron chi connectivity index (χ1n) is 6.69. The highest BCUT2D eigenvalue weighted by molar-refractivity contribution is 7.89. The zero-order chi connectivity index (χ0) is 18.0. The smallest absolute Gasteiger partial charge is 0.369 e. The van der Waals surface area contributed by atoms with Crippen molar-refractivity contribution >= 4 is 15.8 Å². The third-order valence-electron chi connectivity index (χ3n) is 3.09. The largest absolute Gasteiger partial charge is 0.433 e. The first-order valence-corrected chi connectivity index (χ1v) is 8.30. The standard InChI is InChI=1S/C13H14F3N5O2S/c1-8(24(17,22)23)7-19-11-6-10(13(14,15)16)20-12(21-11)9-2-4-18-5-3-9/h2-6,8H,7H2,1H3,(H2,17,22,23)(H,19,20,21)/t8-/m0/s1.